The second-order valence-electron chi connectivity index (χ2n) is 6.38. The Balaban J connectivity index is 1.64. The molecule has 21 heavy (non-hydrogen) atoms. The zero-order chi connectivity index (χ0) is 14.8. The lowest BCUT2D eigenvalue weighted by Gasteiger charge is -2.32. The molecule has 1 aliphatic rings. The van der Waals surface area contributed by atoms with E-state index in [1.54, 1.807) is 0 Å². The fraction of sp³-hybridized carbons (Fsp3) is 0.556. The van der Waals surface area contributed by atoms with Crippen LogP contribution in [0, 0.1) is 13.8 Å². The maximum atomic E-state index is 2.61. The maximum absolute atomic E-state index is 2.61. The van der Waals surface area contributed by atoms with E-state index in [0.29, 0.717) is 0 Å². The van der Waals surface area contributed by atoms with E-state index in [1.165, 1.54) is 61.3 Å². The van der Waals surface area contributed by atoms with Crippen molar-refractivity contribution in [3.05, 3.63) is 35.5 Å². The Morgan fingerprint density at radius 2 is 1.67 bits per heavy atom. The lowest BCUT2D eigenvalue weighted by molar-refractivity contribution is 0.151. The minimum Gasteiger partial charge on any atom is -0.345 e. The molecule has 1 fully saturated rings. The summed E-state index contributed by atoms with van der Waals surface area (Å²) in [4.78, 5) is 5.03. The van der Waals surface area contributed by atoms with Crippen LogP contribution in [0.5, 0.6) is 0 Å². The molecule has 0 radical (unpaired) electrons. The van der Waals surface area contributed by atoms with E-state index in [2.05, 4.69) is 59.5 Å². The molecule has 3 nitrogen and oxygen atoms in total. The molecule has 114 valence electrons. The zero-order valence-electron chi connectivity index (χ0n) is 13.6. The number of fused-ring (bicyclic) bond motifs is 1. The number of nitrogens with zero attached hydrogens (tertiary/aromatic N) is 3. The van der Waals surface area contributed by atoms with Crippen LogP contribution in [0.3, 0.4) is 0 Å². The molecule has 3 heteroatoms. The molecule has 0 atom stereocenters. The number of hydrogen-bond donors (Lipinski definition) is 0. The van der Waals surface area contributed by atoms with E-state index in [-0.39, 0.29) is 0 Å². The van der Waals surface area contributed by atoms with E-state index >= 15 is 0 Å². The smallest absolute Gasteiger partial charge is 0.0485 e. The number of rotatable bonds is 4. The molecule has 2 heterocycles. The highest BCUT2D eigenvalue weighted by Gasteiger charge is 2.14. The Morgan fingerprint density at radius 3 is 2.43 bits per heavy atom. The van der Waals surface area contributed by atoms with Crippen molar-refractivity contribution in [3.8, 4) is 0 Å². The predicted octanol–water partition coefficient (Wildman–Crippen LogP) is 2.90. The van der Waals surface area contributed by atoms with Gasteiger partial charge < -0.3 is 14.4 Å². The van der Waals surface area contributed by atoms with Gasteiger partial charge in [0.25, 0.3) is 0 Å². The Bertz CT molecular complexity index is 606. The molecule has 1 aromatic carbocycles. The molecule has 0 aliphatic carbocycles. The van der Waals surface area contributed by atoms with Crippen molar-refractivity contribution in [2.45, 2.75) is 26.8 Å². The minimum absolute atomic E-state index is 1.13. The normalized spacial score (nSPS) is 17.7. The summed E-state index contributed by atoms with van der Waals surface area (Å²) in [6, 6.07) is 8.79. The van der Waals surface area contributed by atoms with Crippen LogP contribution in [0.25, 0.3) is 10.9 Å². The molecule has 0 spiro atoms. The largest absolute Gasteiger partial charge is 0.345 e. The van der Waals surface area contributed by atoms with Gasteiger partial charge in [-0.3, -0.25) is 0 Å². The maximum Gasteiger partial charge on any atom is 0.0485 e. The number of aryl methyl sites for hydroxylation is 2. The van der Waals surface area contributed by atoms with Crippen molar-refractivity contribution < 1.29 is 0 Å². The summed E-state index contributed by atoms with van der Waals surface area (Å²) in [6.07, 6.45) is 1.24. The molecule has 2 aromatic rings. The van der Waals surface area contributed by atoms with Crippen LogP contribution in [0.2, 0.25) is 0 Å². The third-order valence-corrected chi connectivity index (χ3v) is 5.00. The summed E-state index contributed by atoms with van der Waals surface area (Å²) in [5, 5.41) is 1.41. The van der Waals surface area contributed by atoms with Crippen LogP contribution in [0.4, 0.5) is 0 Å². The van der Waals surface area contributed by atoms with E-state index in [1.807, 2.05) is 0 Å². The molecular formula is C18H27N3. The monoisotopic (exact) mass is 285 g/mol. The van der Waals surface area contributed by atoms with E-state index < -0.39 is 0 Å². The van der Waals surface area contributed by atoms with E-state index in [9.17, 15) is 0 Å². The van der Waals surface area contributed by atoms with Gasteiger partial charge in [-0.25, -0.2) is 0 Å². The van der Waals surface area contributed by atoms with Crippen molar-refractivity contribution in [1.82, 2.24) is 14.4 Å². The third kappa shape index (κ3) is 2.99. The van der Waals surface area contributed by atoms with Crippen LogP contribution in [0.15, 0.2) is 24.3 Å². The number of para-hydroxylation sites is 1. The van der Waals surface area contributed by atoms with Crippen LogP contribution < -0.4 is 0 Å². The Kier molecular flexibility index (Phi) is 4.32. The molecule has 0 bridgehead atoms. The van der Waals surface area contributed by atoms with Crippen LogP contribution in [0.1, 0.15) is 17.7 Å². The second kappa shape index (κ2) is 6.20. The van der Waals surface area contributed by atoms with Crippen LogP contribution >= 0.6 is 0 Å². The Hall–Kier alpha value is -1.32. The third-order valence-electron chi connectivity index (χ3n) is 5.00. The highest BCUT2D eigenvalue weighted by molar-refractivity contribution is 5.85. The Morgan fingerprint density at radius 1 is 0.952 bits per heavy atom. The number of benzene rings is 1. The molecule has 1 saturated heterocycles. The summed E-state index contributed by atoms with van der Waals surface area (Å²) < 4.78 is 2.50. The number of hydrogen-bond acceptors (Lipinski definition) is 2. The van der Waals surface area contributed by atoms with Crippen molar-refractivity contribution >= 4 is 10.9 Å². The first kappa shape index (κ1) is 14.6. The van der Waals surface area contributed by atoms with Gasteiger partial charge in [0.05, 0.1) is 0 Å². The molecule has 0 amide bonds. The average molecular weight is 285 g/mol. The highest BCUT2D eigenvalue weighted by Crippen LogP contribution is 2.25. The number of piperazine rings is 1. The second-order valence-corrected chi connectivity index (χ2v) is 6.38. The van der Waals surface area contributed by atoms with Gasteiger partial charge >= 0.3 is 0 Å². The van der Waals surface area contributed by atoms with Crippen molar-refractivity contribution in [1.29, 1.82) is 0 Å². The van der Waals surface area contributed by atoms with Crippen molar-refractivity contribution in [2.24, 2.45) is 0 Å². The van der Waals surface area contributed by atoms with Gasteiger partial charge in [0.1, 0.15) is 0 Å². The van der Waals surface area contributed by atoms with Gasteiger partial charge in [-0.1, -0.05) is 18.2 Å². The Labute approximate surface area is 128 Å². The number of aromatic nitrogens is 1. The molecule has 0 saturated carbocycles. The first-order valence-electron chi connectivity index (χ1n) is 8.12. The van der Waals surface area contributed by atoms with Crippen LogP contribution in [-0.2, 0) is 6.54 Å². The molecule has 0 N–H and O–H groups in total. The van der Waals surface area contributed by atoms with Gasteiger partial charge in [0.2, 0.25) is 0 Å². The fourth-order valence-corrected chi connectivity index (χ4v) is 3.42. The lowest BCUT2D eigenvalue weighted by atomic mass is 10.2. The first-order valence-corrected chi connectivity index (χ1v) is 8.12. The van der Waals surface area contributed by atoms with Crippen molar-refractivity contribution in [2.75, 3.05) is 39.8 Å². The minimum atomic E-state index is 1.13. The van der Waals surface area contributed by atoms with E-state index in [0.717, 1.165) is 6.54 Å². The molecule has 1 aromatic heterocycles. The molecule has 0 unspecified atom stereocenters. The lowest BCUT2D eigenvalue weighted by Crippen LogP contribution is -2.44. The van der Waals surface area contributed by atoms with Gasteiger partial charge in [0.15, 0.2) is 0 Å². The fourth-order valence-electron chi connectivity index (χ4n) is 3.42. The first-order chi connectivity index (χ1) is 10.2. The molecular weight excluding hydrogens is 258 g/mol. The predicted molar refractivity (Wildman–Crippen MR) is 90.0 cm³/mol. The summed E-state index contributed by atoms with van der Waals surface area (Å²) in [6.45, 7) is 11.7. The summed E-state index contributed by atoms with van der Waals surface area (Å²) in [5.74, 6) is 0. The summed E-state index contributed by atoms with van der Waals surface area (Å²) >= 11 is 0. The van der Waals surface area contributed by atoms with Gasteiger partial charge in [-0.2, -0.15) is 0 Å². The zero-order valence-corrected chi connectivity index (χ0v) is 13.6. The molecule has 1 aliphatic heterocycles. The van der Waals surface area contributed by atoms with Gasteiger partial charge in [-0.15, -0.1) is 0 Å². The topological polar surface area (TPSA) is 11.4 Å². The average Bonchev–Trinajstić information content (AvgIpc) is 2.75. The number of likely N-dealkylation sites (N-methyl/N-ethyl adjacent to an activating group) is 1. The van der Waals surface area contributed by atoms with Crippen LogP contribution in [-0.4, -0.2) is 54.1 Å². The van der Waals surface area contributed by atoms with Crippen molar-refractivity contribution in [3.63, 3.8) is 0 Å². The summed E-state index contributed by atoms with van der Waals surface area (Å²) in [7, 11) is 2.22. The molecule has 3 rings (SSSR count). The van der Waals surface area contributed by atoms with Gasteiger partial charge in [-0.05, 0) is 45.5 Å². The van der Waals surface area contributed by atoms with E-state index in [4.69, 9.17) is 0 Å². The highest BCUT2D eigenvalue weighted by atomic mass is 15.2. The summed E-state index contributed by atoms with van der Waals surface area (Å²) in [5.41, 5.74) is 4.26. The standard InChI is InChI=1S/C18H27N3/c1-15-16(2)21(18-8-5-4-7-17(15)18)10-6-9-20-13-11-19(3)12-14-20/h4-5,7-8H,6,9-14H2,1-3H3. The SMILES string of the molecule is Cc1c(C)n(CCCN2CCN(C)CC2)c2ccccc12. The quantitative estimate of drug-likeness (QED) is 0.856. The van der Waals surface area contributed by atoms with Gasteiger partial charge in [0, 0.05) is 49.3 Å².